The molecule has 0 amide bonds. The van der Waals surface area contributed by atoms with Gasteiger partial charge in [0.25, 0.3) is 0 Å². The lowest BCUT2D eigenvalue weighted by Gasteiger charge is -2.17. The third-order valence-electron chi connectivity index (χ3n) is 3.96. The third kappa shape index (κ3) is 2.22. The summed E-state index contributed by atoms with van der Waals surface area (Å²) in [6.07, 6.45) is 0. The number of pyridine rings is 1. The van der Waals surface area contributed by atoms with Crippen molar-refractivity contribution in [2.45, 2.75) is 0 Å². The first-order chi connectivity index (χ1) is 11.0. The molecule has 3 aromatic rings. The number of aryl methyl sites for hydroxylation is 1. The van der Waals surface area contributed by atoms with Gasteiger partial charge < -0.3 is 19.2 Å². The summed E-state index contributed by atoms with van der Waals surface area (Å²) in [5.41, 5.74) is 0.757. The van der Waals surface area contributed by atoms with Crippen molar-refractivity contribution in [3.63, 3.8) is 0 Å². The zero-order chi connectivity index (χ0) is 16.7. The predicted octanol–water partition coefficient (Wildman–Crippen LogP) is 1.11. The maximum absolute atomic E-state index is 12.9. The summed E-state index contributed by atoms with van der Waals surface area (Å²) in [6, 6.07) is 8.10. The van der Waals surface area contributed by atoms with Crippen molar-refractivity contribution in [2.75, 3.05) is 14.2 Å². The molecule has 0 spiro atoms. The Morgan fingerprint density at radius 2 is 1.87 bits per heavy atom. The molecular weight excluding hydrogens is 300 g/mol. The summed E-state index contributed by atoms with van der Waals surface area (Å²) in [4.78, 5) is 12.9. The summed E-state index contributed by atoms with van der Waals surface area (Å²) in [7, 11) is 4.76. The Kier molecular flexibility index (Phi) is 3.69. The highest BCUT2D eigenvalue weighted by Gasteiger charge is 2.19. The van der Waals surface area contributed by atoms with Crippen LogP contribution < -0.4 is 20.1 Å². The van der Waals surface area contributed by atoms with Gasteiger partial charge in [0.05, 0.1) is 30.6 Å². The molecule has 1 heterocycles. The van der Waals surface area contributed by atoms with Gasteiger partial charge in [-0.05, 0) is 6.07 Å². The first-order valence-electron chi connectivity index (χ1n) is 6.90. The lowest BCUT2D eigenvalue weighted by Crippen LogP contribution is -2.99. The van der Waals surface area contributed by atoms with Gasteiger partial charge in [-0.25, -0.2) is 5.21 Å². The molecule has 2 aromatic carbocycles. The number of methoxy groups -OCH3 is 2. The van der Waals surface area contributed by atoms with Crippen LogP contribution in [0.25, 0.3) is 21.8 Å². The Bertz CT molecular complexity index is 962. The second-order valence-electron chi connectivity index (χ2n) is 5.12. The maximum Gasteiger partial charge on any atom is 0.207 e. The van der Waals surface area contributed by atoms with Crippen LogP contribution in [0.1, 0.15) is 0 Å². The van der Waals surface area contributed by atoms with Crippen molar-refractivity contribution in [3.8, 4) is 11.5 Å². The highest BCUT2D eigenvalue weighted by molar-refractivity contribution is 6.00. The van der Waals surface area contributed by atoms with E-state index in [2.05, 4.69) is 0 Å². The molecule has 0 aliphatic rings. The molecule has 1 aromatic heterocycles. The summed E-state index contributed by atoms with van der Waals surface area (Å²) in [5.74, 6) is 0.903. The number of nitrogens with zero attached hydrogens (tertiary/aromatic N) is 1. The zero-order valence-electron chi connectivity index (χ0n) is 12.9. The van der Waals surface area contributed by atoms with E-state index < -0.39 is 5.23 Å². The molecular formula is C16H16N2O5. The van der Waals surface area contributed by atoms with Crippen LogP contribution in [0.3, 0.4) is 0 Å². The molecule has 0 bridgehead atoms. The molecule has 0 radical (unpaired) electrons. The number of aromatic nitrogens is 1. The molecule has 2 N–H and O–H groups in total. The first-order valence-corrected chi connectivity index (χ1v) is 6.90. The zero-order valence-corrected chi connectivity index (χ0v) is 12.9. The predicted molar refractivity (Wildman–Crippen MR) is 85.6 cm³/mol. The van der Waals surface area contributed by atoms with Crippen molar-refractivity contribution in [1.29, 1.82) is 0 Å². The molecule has 1 atom stereocenters. The number of hydrogen-bond donors (Lipinski definition) is 2. The normalized spacial score (nSPS) is 12.6. The Morgan fingerprint density at radius 3 is 2.48 bits per heavy atom. The molecule has 7 heteroatoms. The van der Waals surface area contributed by atoms with Gasteiger partial charge in [0, 0.05) is 25.2 Å². The standard InChI is InChI=1S/C16H16N2O5/c1-17-10-5-4-6-11(18(20)21)14(10)16(19)15-12(17)7-9(22-2)8-13(15)23-3/h4-8,18,20H,1-3H3. The van der Waals surface area contributed by atoms with Gasteiger partial charge in [-0.15, -0.1) is 0 Å². The lowest BCUT2D eigenvalue weighted by molar-refractivity contribution is -0.990. The number of hydrogen-bond acceptors (Lipinski definition) is 5. The molecule has 7 nitrogen and oxygen atoms in total. The number of fused-ring (bicyclic) bond motifs is 2. The van der Waals surface area contributed by atoms with Crippen molar-refractivity contribution < 1.29 is 19.9 Å². The summed E-state index contributed by atoms with van der Waals surface area (Å²) in [6.45, 7) is 0. The molecule has 0 aliphatic heterocycles. The highest BCUT2D eigenvalue weighted by Crippen LogP contribution is 2.31. The summed E-state index contributed by atoms with van der Waals surface area (Å²) >= 11 is 0. The molecule has 3 rings (SSSR count). The van der Waals surface area contributed by atoms with Crippen LogP contribution in [0, 0.1) is 5.21 Å². The van der Waals surface area contributed by atoms with Crippen molar-refractivity contribution in [3.05, 3.63) is 45.8 Å². The van der Waals surface area contributed by atoms with Gasteiger partial charge in [-0.3, -0.25) is 4.79 Å². The number of nitrogens with one attached hydrogen (secondary N) is 1. The van der Waals surface area contributed by atoms with E-state index in [4.69, 9.17) is 9.47 Å². The number of quaternary nitrogens is 1. The van der Waals surface area contributed by atoms with Crippen LogP contribution in [0.5, 0.6) is 11.5 Å². The van der Waals surface area contributed by atoms with Gasteiger partial charge in [-0.1, -0.05) is 6.07 Å². The minimum absolute atomic E-state index is 0.0251. The largest absolute Gasteiger partial charge is 0.595 e. The summed E-state index contributed by atoms with van der Waals surface area (Å²) in [5, 5.41) is 20.2. The second kappa shape index (κ2) is 5.54. The third-order valence-corrected chi connectivity index (χ3v) is 3.96. The summed E-state index contributed by atoms with van der Waals surface area (Å²) < 4.78 is 12.3. The number of benzene rings is 2. The molecule has 23 heavy (non-hydrogen) atoms. The quantitative estimate of drug-likeness (QED) is 0.558. The van der Waals surface area contributed by atoms with E-state index in [0.29, 0.717) is 27.9 Å². The van der Waals surface area contributed by atoms with Crippen molar-refractivity contribution in [2.24, 2.45) is 7.05 Å². The molecule has 0 aliphatic carbocycles. The molecule has 120 valence electrons. The van der Waals surface area contributed by atoms with Crippen LogP contribution in [-0.2, 0) is 7.05 Å². The molecule has 0 fully saturated rings. The van der Waals surface area contributed by atoms with Crippen LogP contribution >= 0.6 is 0 Å². The Hall–Kier alpha value is -2.61. The first kappa shape index (κ1) is 15.3. The van der Waals surface area contributed by atoms with Crippen LogP contribution in [0.15, 0.2) is 35.1 Å². The van der Waals surface area contributed by atoms with Crippen molar-refractivity contribution >= 4 is 27.5 Å². The second-order valence-corrected chi connectivity index (χ2v) is 5.12. The molecule has 0 saturated heterocycles. The minimum Gasteiger partial charge on any atom is -0.595 e. The van der Waals surface area contributed by atoms with E-state index in [1.54, 1.807) is 35.9 Å². The fourth-order valence-corrected chi connectivity index (χ4v) is 2.84. The fourth-order valence-electron chi connectivity index (χ4n) is 2.84. The van der Waals surface area contributed by atoms with Crippen LogP contribution in [0.2, 0.25) is 0 Å². The van der Waals surface area contributed by atoms with Crippen LogP contribution in [-0.4, -0.2) is 24.0 Å². The molecule has 0 saturated carbocycles. The van der Waals surface area contributed by atoms with E-state index in [-0.39, 0.29) is 16.5 Å². The minimum atomic E-state index is -1.14. The SMILES string of the molecule is COc1cc(OC)c2c(=O)c3c([NH+]([O-])O)cccc3n(C)c2c1. The van der Waals surface area contributed by atoms with Crippen LogP contribution in [0.4, 0.5) is 5.69 Å². The van der Waals surface area contributed by atoms with E-state index in [1.165, 1.54) is 20.3 Å². The fraction of sp³-hybridized carbons (Fsp3) is 0.188. The Labute approximate surface area is 131 Å². The Morgan fingerprint density at radius 1 is 1.13 bits per heavy atom. The van der Waals surface area contributed by atoms with Gasteiger partial charge >= 0.3 is 0 Å². The van der Waals surface area contributed by atoms with Gasteiger partial charge in [0.2, 0.25) is 5.43 Å². The lowest BCUT2D eigenvalue weighted by atomic mass is 10.1. The average molecular weight is 316 g/mol. The topological polar surface area (TPSA) is 88.2 Å². The molecule has 1 unspecified atom stereocenters. The van der Waals surface area contributed by atoms with Gasteiger partial charge in [0.1, 0.15) is 16.9 Å². The number of ether oxygens (including phenoxy) is 2. The van der Waals surface area contributed by atoms with E-state index >= 15 is 0 Å². The van der Waals surface area contributed by atoms with Gasteiger partial charge in [0.15, 0.2) is 5.69 Å². The van der Waals surface area contributed by atoms with E-state index in [1.807, 2.05) is 0 Å². The van der Waals surface area contributed by atoms with Crippen molar-refractivity contribution in [1.82, 2.24) is 4.57 Å². The van der Waals surface area contributed by atoms with E-state index in [9.17, 15) is 15.2 Å². The van der Waals surface area contributed by atoms with E-state index in [0.717, 1.165) is 0 Å². The highest BCUT2D eigenvalue weighted by atomic mass is 16.8. The maximum atomic E-state index is 12.9. The monoisotopic (exact) mass is 316 g/mol. The average Bonchev–Trinajstić information content (AvgIpc) is 2.57. The smallest absolute Gasteiger partial charge is 0.207 e. The van der Waals surface area contributed by atoms with Gasteiger partial charge in [-0.2, -0.15) is 5.23 Å². The number of rotatable bonds is 3. The Balaban J connectivity index is 2.62.